The summed E-state index contributed by atoms with van der Waals surface area (Å²) in [6.07, 6.45) is 3.50. The van der Waals surface area contributed by atoms with Crippen LogP contribution in [0.15, 0.2) is 30.6 Å². The third-order valence-electron chi connectivity index (χ3n) is 0.566. The van der Waals surface area contributed by atoms with Gasteiger partial charge in [-0.25, -0.2) is 0 Å². The summed E-state index contributed by atoms with van der Waals surface area (Å²) in [7, 11) is 0. The molecule has 0 aromatic carbocycles. The Bertz CT molecular complexity index is 203. The highest BCUT2D eigenvalue weighted by atomic mass is 16.4. The van der Waals surface area contributed by atoms with E-state index in [0.717, 1.165) is 13.8 Å². The molecule has 1 heterocycles. The summed E-state index contributed by atoms with van der Waals surface area (Å²) in [5, 5.41) is 14.8. The largest absolute Gasteiger partial charge is 0.481 e. The molecule has 0 aliphatic carbocycles. The van der Waals surface area contributed by atoms with E-state index in [-0.39, 0.29) is 5.48 Å². The Balaban J connectivity index is -0.000000145. The van der Waals surface area contributed by atoms with E-state index in [4.69, 9.17) is 19.8 Å². The minimum absolute atomic E-state index is 0. The first kappa shape index (κ1) is 18.8. The number of rotatable bonds is 0. The molecule has 1 aromatic heterocycles. The van der Waals surface area contributed by atoms with E-state index in [0.29, 0.717) is 0 Å². The minimum atomic E-state index is -0.833. The predicted octanol–water partition coefficient (Wildman–Crippen LogP) is 0.439. The van der Waals surface area contributed by atoms with E-state index < -0.39 is 11.9 Å². The Morgan fingerprint density at radius 1 is 0.933 bits per heavy atom. The molecule has 1 rings (SSSR count). The molecule has 0 unspecified atom stereocenters. The lowest BCUT2D eigenvalue weighted by molar-refractivity contribution is -0.135. The molecule has 0 atom stereocenters. The lowest BCUT2D eigenvalue weighted by Crippen LogP contribution is -1.78. The van der Waals surface area contributed by atoms with Crippen LogP contribution in [-0.4, -0.2) is 32.6 Å². The molecule has 0 saturated heterocycles. The molecule has 4 N–H and O–H groups in total. The van der Waals surface area contributed by atoms with Crippen LogP contribution in [0.2, 0.25) is 0 Å². The maximum atomic E-state index is 9.00. The second kappa shape index (κ2) is 14.6. The fraction of sp³-hybridized carbons (Fsp3) is 0.222. The summed E-state index contributed by atoms with van der Waals surface area (Å²) in [6.45, 7) is 2.17. The molecule has 86 valence electrons. The average Bonchev–Trinajstić information content (AvgIpc) is 2.05. The number of hydrogen-bond donors (Lipinski definition) is 2. The van der Waals surface area contributed by atoms with Gasteiger partial charge in [-0.1, -0.05) is 6.07 Å². The van der Waals surface area contributed by atoms with Crippen LogP contribution in [0, 0.1) is 0 Å². The minimum Gasteiger partial charge on any atom is -0.481 e. The summed E-state index contributed by atoms with van der Waals surface area (Å²) in [4.78, 5) is 21.8. The molecule has 0 fully saturated rings. The van der Waals surface area contributed by atoms with Crippen molar-refractivity contribution >= 4 is 11.9 Å². The van der Waals surface area contributed by atoms with Gasteiger partial charge in [0.15, 0.2) is 0 Å². The van der Waals surface area contributed by atoms with Gasteiger partial charge in [0.1, 0.15) is 0 Å². The van der Waals surface area contributed by atoms with E-state index in [1.807, 2.05) is 18.2 Å². The van der Waals surface area contributed by atoms with E-state index >= 15 is 0 Å². The molecule has 15 heavy (non-hydrogen) atoms. The number of carbonyl (C=O) groups is 2. The van der Waals surface area contributed by atoms with Crippen LogP contribution in [0.3, 0.4) is 0 Å². The number of pyridine rings is 1. The van der Waals surface area contributed by atoms with Crippen LogP contribution in [0.25, 0.3) is 0 Å². The highest BCUT2D eigenvalue weighted by Crippen LogP contribution is 1.73. The molecule has 0 spiro atoms. The lowest BCUT2D eigenvalue weighted by atomic mass is 10.5. The molecular weight excluding hydrogens is 202 g/mol. The van der Waals surface area contributed by atoms with Crippen molar-refractivity contribution in [2.24, 2.45) is 0 Å². The number of carboxylic acid groups (broad SMARTS) is 2. The molecular formula is C9H15NO5. The zero-order chi connectivity index (χ0) is 11.4. The van der Waals surface area contributed by atoms with Crippen LogP contribution in [-0.2, 0) is 9.59 Å². The molecule has 0 saturated carbocycles. The van der Waals surface area contributed by atoms with Gasteiger partial charge < -0.3 is 15.7 Å². The molecule has 0 aliphatic rings. The van der Waals surface area contributed by atoms with Crippen LogP contribution < -0.4 is 0 Å². The summed E-state index contributed by atoms with van der Waals surface area (Å²) >= 11 is 0. The summed E-state index contributed by atoms with van der Waals surface area (Å²) in [5.41, 5.74) is 0. The molecule has 6 nitrogen and oxygen atoms in total. The van der Waals surface area contributed by atoms with Gasteiger partial charge in [0.25, 0.3) is 11.9 Å². The third kappa shape index (κ3) is 74.2. The van der Waals surface area contributed by atoms with Gasteiger partial charge in [-0.3, -0.25) is 14.6 Å². The first-order valence-electron chi connectivity index (χ1n) is 3.71. The van der Waals surface area contributed by atoms with Crippen molar-refractivity contribution in [2.75, 3.05) is 0 Å². The first-order valence-corrected chi connectivity index (χ1v) is 3.71. The van der Waals surface area contributed by atoms with Gasteiger partial charge in [0.2, 0.25) is 0 Å². The Morgan fingerprint density at radius 2 is 1.20 bits per heavy atom. The van der Waals surface area contributed by atoms with E-state index in [1.54, 1.807) is 12.4 Å². The maximum Gasteiger partial charge on any atom is 0.300 e. The van der Waals surface area contributed by atoms with Crippen molar-refractivity contribution in [2.45, 2.75) is 13.8 Å². The number of nitrogens with zero attached hydrogens (tertiary/aromatic N) is 1. The monoisotopic (exact) mass is 217 g/mol. The number of hydrogen-bond acceptors (Lipinski definition) is 3. The van der Waals surface area contributed by atoms with Gasteiger partial charge in [-0.2, -0.15) is 0 Å². The van der Waals surface area contributed by atoms with Crippen molar-refractivity contribution in [1.82, 2.24) is 4.98 Å². The standard InChI is InChI=1S/C5H5N.2C2H4O2.H2O/c1-2-4-6-5-3-1;2*1-2(3)4;/h1-5H;2*1H3,(H,3,4);1H2. The van der Waals surface area contributed by atoms with Gasteiger partial charge in [-0.05, 0) is 12.1 Å². The van der Waals surface area contributed by atoms with Gasteiger partial charge >= 0.3 is 0 Å². The molecule has 0 bridgehead atoms. The van der Waals surface area contributed by atoms with E-state index in [2.05, 4.69) is 4.98 Å². The van der Waals surface area contributed by atoms with Crippen molar-refractivity contribution in [1.29, 1.82) is 0 Å². The van der Waals surface area contributed by atoms with Gasteiger partial charge in [0.05, 0.1) is 0 Å². The van der Waals surface area contributed by atoms with Crippen molar-refractivity contribution in [3.05, 3.63) is 30.6 Å². The Morgan fingerprint density at radius 3 is 1.27 bits per heavy atom. The fourth-order valence-electron chi connectivity index (χ4n) is 0.313. The Hall–Kier alpha value is -1.95. The fourth-order valence-corrected chi connectivity index (χ4v) is 0.313. The second-order valence-electron chi connectivity index (χ2n) is 2.06. The molecule has 0 aliphatic heterocycles. The quantitative estimate of drug-likeness (QED) is 0.653. The maximum absolute atomic E-state index is 9.00. The molecule has 0 radical (unpaired) electrons. The smallest absolute Gasteiger partial charge is 0.300 e. The van der Waals surface area contributed by atoms with E-state index in [1.165, 1.54) is 0 Å². The Kier molecular flexibility index (Phi) is 18.2. The SMILES string of the molecule is CC(=O)O.CC(=O)O.O.c1ccncc1. The van der Waals surface area contributed by atoms with Crippen molar-refractivity contribution in [3.8, 4) is 0 Å². The highest BCUT2D eigenvalue weighted by molar-refractivity contribution is 5.63. The second-order valence-corrected chi connectivity index (χ2v) is 2.06. The first-order chi connectivity index (χ1) is 6.46. The van der Waals surface area contributed by atoms with Crippen molar-refractivity contribution in [3.63, 3.8) is 0 Å². The van der Waals surface area contributed by atoms with Crippen LogP contribution in [0.1, 0.15) is 13.8 Å². The Labute approximate surface area is 87.5 Å². The number of aliphatic carboxylic acids is 2. The van der Waals surface area contributed by atoms with Crippen molar-refractivity contribution < 1.29 is 25.3 Å². The number of carboxylic acids is 2. The number of aromatic nitrogens is 1. The highest BCUT2D eigenvalue weighted by Gasteiger charge is 1.66. The third-order valence-corrected chi connectivity index (χ3v) is 0.566. The molecule has 6 heteroatoms. The topological polar surface area (TPSA) is 119 Å². The van der Waals surface area contributed by atoms with Crippen LogP contribution >= 0.6 is 0 Å². The molecule has 0 amide bonds. The van der Waals surface area contributed by atoms with Crippen LogP contribution in [0.4, 0.5) is 0 Å². The molecule has 1 aromatic rings. The normalized spacial score (nSPS) is 6.53. The zero-order valence-electron chi connectivity index (χ0n) is 8.54. The summed E-state index contributed by atoms with van der Waals surface area (Å²) < 4.78 is 0. The van der Waals surface area contributed by atoms with Gasteiger partial charge in [-0.15, -0.1) is 0 Å². The summed E-state index contributed by atoms with van der Waals surface area (Å²) in [5.74, 6) is -1.67. The lowest BCUT2D eigenvalue weighted by Gasteiger charge is -1.70. The van der Waals surface area contributed by atoms with Crippen LogP contribution in [0.5, 0.6) is 0 Å². The average molecular weight is 217 g/mol. The zero-order valence-corrected chi connectivity index (χ0v) is 8.54. The summed E-state index contributed by atoms with van der Waals surface area (Å²) in [6, 6.07) is 5.72. The predicted molar refractivity (Wildman–Crippen MR) is 54.5 cm³/mol. The van der Waals surface area contributed by atoms with Gasteiger partial charge in [0, 0.05) is 26.2 Å². The van der Waals surface area contributed by atoms with E-state index in [9.17, 15) is 0 Å².